The Kier molecular flexibility index (Phi) is 6.55. The van der Waals surface area contributed by atoms with Gasteiger partial charge < -0.3 is 25.0 Å². The molecule has 0 aliphatic carbocycles. The van der Waals surface area contributed by atoms with Crippen molar-refractivity contribution in [2.45, 2.75) is 63.7 Å². The van der Waals surface area contributed by atoms with E-state index in [1.165, 1.54) is 12.1 Å². The third-order valence-electron chi connectivity index (χ3n) is 5.63. The topological polar surface area (TPSA) is 79.9 Å². The molecule has 0 radical (unpaired) electrons. The predicted octanol–water partition coefficient (Wildman–Crippen LogP) is 3.40. The molecule has 2 atom stereocenters. The van der Waals surface area contributed by atoms with Gasteiger partial charge in [0.25, 0.3) is 0 Å². The molecule has 2 fully saturated rings. The monoisotopic (exact) mass is 421 g/mol. The van der Waals surface area contributed by atoms with Crippen molar-refractivity contribution < 1.29 is 23.5 Å². The van der Waals surface area contributed by atoms with Crippen molar-refractivity contribution in [1.82, 2.24) is 15.5 Å². The molecule has 0 unspecified atom stereocenters. The molecule has 1 aromatic rings. The largest absolute Gasteiger partial charge is 0.444 e. The maximum atomic E-state index is 13.8. The highest BCUT2D eigenvalue weighted by molar-refractivity contribution is 5.69. The maximum absolute atomic E-state index is 13.8. The average molecular weight is 422 g/mol. The average Bonchev–Trinajstić information content (AvgIpc) is 2.62. The van der Waals surface area contributed by atoms with Crippen molar-refractivity contribution in [1.29, 1.82) is 0 Å². The SMILES string of the molecule is C[C@@H](CN1CCC2(CC1)OC(=O)NC[C@H]2c1cccc(F)c1)NC(=O)OC(C)(C)C. The zero-order chi connectivity index (χ0) is 21.9. The number of piperidine rings is 1. The lowest BCUT2D eigenvalue weighted by Crippen LogP contribution is -2.58. The van der Waals surface area contributed by atoms with Gasteiger partial charge in [-0.25, -0.2) is 14.0 Å². The molecule has 2 aliphatic rings. The lowest BCUT2D eigenvalue weighted by Gasteiger charge is -2.48. The number of carbonyl (C=O) groups excluding carboxylic acids is 2. The predicted molar refractivity (Wildman–Crippen MR) is 111 cm³/mol. The summed E-state index contributed by atoms with van der Waals surface area (Å²) in [6.45, 7) is 9.97. The van der Waals surface area contributed by atoms with Gasteiger partial charge in [-0.2, -0.15) is 0 Å². The Morgan fingerprint density at radius 2 is 2.10 bits per heavy atom. The van der Waals surface area contributed by atoms with Crippen molar-refractivity contribution in [3.05, 3.63) is 35.6 Å². The Bertz CT molecular complexity index is 772. The van der Waals surface area contributed by atoms with Crippen molar-refractivity contribution in [3.63, 3.8) is 0 Å². The van der Waals surface area contributed by atoms with E-state index in [0.29, 0.717) is 25.9 Å². The fourth-order valence-electron chi connectivity index (χ4n) is 4.31. The molecule has 3 rings (SSSR count). The molecule has 2 heterocycles. The first-order chi connectivity index (χ1) is 14.1. The lowest BCUT2D eigenvalue weighted by molar-refractivity contribution is -0.0699. The first-order valence-corrected chi connectivity index (χ1v) is 10.5. The van der Waals surface area contributed by atoms with Gasteiger partial charge in [-0.05, 0) is 45.4 Å². The minimum Gasteiger partial charge on any atom is -0.444 e. The molecule has 2 amide bonds. The number of carbonyl (C=O) groups is 2. The highest BCUT2D eigenvalue weighted by Crippen LogP contribution is 2.41. The summed E-state index contributed by atoms with van der Waals surface area (Å²) in [5.74, 6) is -0.399. The van der Waals surface area contributed by atoms with E-state index in [9.17, 15) is 14.0 Å². The molecule has 0 bridgehead atoms. The van der Waals surface area contributed by atoms with Crippen LogP contribution in [0.4, 0.5) is 14.0 Å². The first kappa shape index (κ1) is 22.3. The zero-order valence-electron chi connectivity index (χ0n) is 18.2. The van der Waals surface area contributed by atoms with Crippen LogP contribution in [0, 0.1) is 5.82 Å². The molecular weight excluding hydrogens is 389 g/mol. The fourth-order valence-corrected chi connectivity index (χ4v) is 4.31. The third-order valence-corrected chi connectivity index (χ3v) is 5.63. The summed E-state index contributed by atoms with van der Waals surface area (Å²) >= 11 is 0. The summed E-state index contributed by atoms with van der Waals surface area (Å²) in [5, 5.41) is 5.61. The molecule has 2 N–H and O–H groups in total. The van der Waals surface area contributed by atoms with E-state index in [1.54, 1.807) is 6.07 Å². The second kappa shape index (κ2) is 8.79. The molecule has 8 heteroatoms. The van der Waals surface area contributed by atoms with Crippen LogP contribution in [0.5, 0.6) is 0 Å². The first-order valence-electron chi connectivity index (χ1n) is 10.5. The number of nitrogens with zero attached hydrogens (tertiary/aromatic N) is 1. The van der Waals surface area contributed by atoms with Gasteiger partial charge >= 0.3 is 12.2 Å². The van der Waals surface area contributed by atoms with Crippen LogP contribution in [0.25, 0.3) is 0 Å². The number of likely N-dealkylation sites (tertiary alicyclic amines) is 1. The van der Waals surface area contributed by atoms with E-state index in [0.717, 1.165) is 18.7 Å². The number of rotatable bonds is 4. The minimum absolute atomic E-state index is 0.0801. The number of halogens is 1. The quantitative estimate of drug-likeness (QED) is 0.779. The number of ether oxygens (including phenoxy) is 2. The van der Waals surface area contributed by atoms with Gasteiger partial charge in [0.05, 0.1) is 0 Å². The van der Waals surface area contributed by atoms with Gasteiger partial charge in [-0.15, -0.1) is 0 Å². The molecule has 2 aliphatic heterocycles. The molecule has 2 saturated heterocycles. The molecule has 7 nitrogen and oxygen atoms in total. The summed E-state index contributed by atoms with van der Waals surface area (Å²) < 4.78 is 24.9. The standard InChI is InChI=1S/C22H32FN3O4/c1-15(25-20(28)29-21(2,3)4)14-26-10-8-22(9-11-26)18(13-24-19(27)30-22)16-6-5-7-17(23)12-16/h5-7,12,15,18H,8-11,13-14H2,1-4H3,(H,24,27)(H,25,28)/t15-,18-/m0/s1. The van der Waals surface area contributed by atoms with E-state index >= 15 is 0 Å². The zero-order valence-corrected chi connectivity index (χ0v) is 18.2. The number of hydrogen-bond acceptors (Lipinski definition) is 5. The van der Waals surface area contributed by atoms with Crippen LogP contribution in [0.1, 0.15) is 52.0 Å². The minimum atomic E-state index is -0.644. The molecule has 1 spiro atoms. The Morgan fingerprint density at radius 3 is 2.73 bits per heavy atom. The second-order valence-corrected chi connectivity index (χ2v) is 9.29. The Balaban J connectivity index is 1.60. The molecular formula is C22H32FN3O4. The summed E-state index contributed by atoms with van der Waals surface area (Å²) in [4.78, 5) is 26.2. The van der Waals surface area contributed by atoms with Crippen LogP contribution in [-0.4, -0.2) is 60.5 Å². The van der Waals surface area contributed by atoms with Gasteiger partial charge in [-0.3, -0.25) is 0 Å². The van der Waals surface area contributed by atoms with Crippen LogP contribution < -0.4 is 10.6 Å². The summed E-state index contributed by atoms with van der Waals surface area (Å²) in [6, 6.07) is 6.43. The van der Waals surface area contributed by atoms with Gasteiger partial charge in [0.1, 0.15) is 17.0 Å². The Morgan fingerprint density at radius 1 is 1.40 bits per heavy atom. The van der Waals surface area contributed by atoms with E-state index in [2.05, 4.69) is 15.5 Å². The number of nitrogens with one attached hydrogen (secondary N) is 2. The highest BCUT2D eigenvalue weighted by atomic mass is 19.1. The highest BCUT2D eigenvalue weighted by Gasteiger charge is 2.48. The molecule has 30 heavy (non-hydrogen) atoms. The fraction of sp³-hybridized carbons (Fsp3) is 0.636. The third kappa shape index (κ3) is 5.62. The van der Waals surface area contributed by atoms with Crippen LogP contribution in [0.2, 0.25) is 0 Å². The Hall–Kier alpha value is -2.35. The van der Waals surface area contributed by atoms with Crippen molar-refractivity contribution in [2.75, 3.05) is 26.2 Å². The van der Waals surface area contributed by atoms with Crippen LogP contribution in [-0.2, 0) is 9.47 Å². The lowest BCUT2D eigenvalue weighted by atomic mass is 9.74. The van der Waals surface area contributed by atoms with E-state index in [4.69, 9.17) is 9.47 Å². The number of hydrogen-bond donors (Lipinski definition) is 2. The number of amides is 2. The van der Waals surface area contributed by atoms with Crippen molar-refractivity contribution >= 4 is 12.2 Å². The smallest absolute Gasteiger partial charge is 0.407 e. The van der Waals surface area contributed by atoms with Crippen LogP contribution >= 0.6 is 0 Å². The maximum Gasteiger partial charge on any atom is 0.407 e. The summed E-state index contributed by atoms with van der Waals surface area (Å²) in [6.07, 6.45) is 0.458. The molecule has 0 aromatic heterocycles. The van der Waals surface area contributed by atoms with Gasteiger partial charge in [0, 0.05) is 51.0 Å². The van der Waals surface area contributed by atoms with E-state index < -0.39 is 23.4 Å². The summed E-state index contributed by atoms with van der Waals surface area (Å²) in [5.41, 5.74) is -0.343. The van der Waals surface area contributed by atoms with Gasteiger partial charge in [-0.1, -0.05) is 12.1 Å². The van der Waals surface area contributed by atoms with E-state index in [1.807, 2.05) is 33.8 Å². The normalized spacial score (nSPS) is 22.7. The van der Waals surface area contributed by atoms with Gasteiger partial charge in [0.2, 0.25) is 0 Å². The van der Waals surface area contributed by atoms with Gasteiger partial charge in [0.15, 0.2) is 0 Å². The molecule has 1 aromatic carbocycles. The molecule has 0 saturated carbocycles. The van der Waals surface area contributed by atoms with Crippen LogP contribution in [0.15, 0.2) is 24.3 Å². The van der Waals surface area contributed by atoms with Crippen molar-refractivity contribution in [3.8, 4) is 0 Å². The second-order valence-electron chi connectivity index (χ2n) is 9.29. The van der Waals surface area contributed by atoms with E-state index in [-0.39, 0.29) is 17.8 Å². The Labute approximate surface area is 177 Å². The number of benzene rings is 1. The van der Waals surface area contributed by atoms with Crippen molar-refractivity contribution in [2.24, 2.45) is 0 Å². The molecule has 166 valence electrons. The van der Waals surface area contributed by atoms with Crippen LogP contribution in [0.3, 0.4) is 0 Å². The summed E-state index contributed by atoms with van der Waals surface area (Å²) in [7, 11) is 0. The number of alkyl carbamates (subject to hydrolysis) is 2.